The van der Waals surface area contributed by atoms with E-state index in [-0.39, 0.29) is 5.91 Å². The first-order chi connectivity index (χ1) is 8.92. The number of likely N-dealkylation sites (tertiary alicyclic amines) is 1. The number of nitrogens with zero attached hydrogens (tertiary/aromatic N) is 1. The first-order valence-electron chi connectivity index (χ1n) is 5.97. The zero-order valence-corrected chi connectivity index (χ0v) is 11.4. The molecule has 19 heavy (non-hydrogen) atoms. The number of carbonyl (C=O) groups is 2. The molecule has 1 rings (SSSR count). The minimum Gasteiger partial charge on any atom is -0.497 e. The molecule has 1 amide bonds. The van der Waals surface area contributed by atoms with E-state index in [2.05, 4.69) is 6.58 Å². The number of allylic oxidation sites excluding steroid dienone is 3. The number of carbonyl (C=O) groups excluding carboxylic acids is 1. The SMILES string of the molecule is C=C(/C=C\C(=C/C)OC)[C@@H]1CN(C)C(=O)[C@H]1C(=O)O. The van der Waals surface area contributed by atoms with Crippen molar-refractivity contribution >= 4 is 11.9 Å². The lowest BCUT2D eigenvalue weighted by Crippen LogP contribution is -2.28. The molecule has 1 N–H and O–H groups in total. The summed E-state index contributed by atoms with van der Waals surface area (Å²) < 4.78 is 5.07. The Morgan fingerprint density at radius 1 is 1.53 bits per heavy atom. The Hall–Kier alpha value is -2.04. The second-order valence-corrected chi connectivity index (χ2v) is 4.44. The number of aliphatic carboxylic acids is 1. The number of methoxy groups -OCH3 is 1. The molecule has 0 aromatic carbocycles. The lowest BCUT2D eigenvalue weighted by Gasteiger charge is -2.13. The van der Waals surface area contributed by atoms with E-state index in [1.165, 1.54) is 4.90 Å². The molecule has 0 aliphatic carbocycles. The van der Waals surface area contributed by atoms with Gasteiger partial charge in [-0.05, 0) is 24.6 Å². The molecule has 0 bridgehead atoms. The minimum absolute atomic E-state index is 0.370. The Morgan fingerprint density at radius 3 is 2.63 bits per heavy atom. The molecule has 0 aromatic rings. The van der Waals surface area contributed by atoms with Crippen molar-refractivity contribution in [2.75, 3.05) is 20.7 Å². The quantitative estimate of drug-likeness (QED) is 0.464. The summed E-state index contributed by atoms with van der Waals surface area (Å²) in [5, 5.41) is 9.14. The second kappa shape index (κ2) is 6.22. The van der Waals surface area contributed by atoms with Crippen LogP contribution in [0.15, 0.2) is 36.1 Å². The molecule has 5 heteroatoms. The summed E-state index contributed by atoms with van der Waals surface area (Å²) >= 11 is 0. The number of hydrogen-bond acceptors (Lipinski definition) is 3. The molecule has 0 aromatic heterocycles. The molecule has 0 unspecified atom stereocenters. The monoisotopic (exact) mass is 265 g/mol. The van der Waals surface area contributed by atoms with Gasteiger partial charge in [0.25, 0.3) is 0 Å². The first-order valence-corrected chi connectivity index (χ1v) is 5.97. The van der Waals surface area contributed by atoms with Gasteiger partial charge in [-0.15, -0.1) is 0 Å². The van der Waals surface area contributed by atoms with Gasteiger partial charge in [0, 0.05) is 19.5 Å². The third-order valence-corrected chi connectivity index (χ3v) is 3.24. The van der Waals surface area contributed by atoms with Crippen LogP contribution in [0.4, 0.5) is 0 Å². The normalized spacial score (nSPS) is 24.1. The Balaban J connectivity index is 2.87. The van der Waals surface area contributed by atoms with E-state index in [4.69, 9.17) is 9.84 Å². The summed E-state index contributed by atoms with van der Waals surface area (Å²) in [6.07, 6.45) is 5.19. The molecule has 1 aliphatic rings. The fraction of sp³-hybridized carbons (Fsp3) is 0.429. The smallest absolute Gasteiger partial charge is 0.316 e. The summed E-state index contributed by atoms with van der Waals surface area (Å²) in [4.78, 5) is 24.4. The summed E-state index contributed by atoms with van der Waals surface area (Å²) in [6, 6.07) is 0. The molecular formula is C14H19NO4. The fourth-order valence-electron chi connectivity index (χ4n) is 2.10. The zero-order valence-electron chi connectivity index (χ0n) is 11.4. The maximum absolute atomic E-state index is 11.8. The first kappa shape index (κ1) is 15.0. The van der Waals surface area contributed by atoms with Crippen LogP contribution in [0.2, 0.25) is 0 Å². The predicted octanol–water partition coefficient (Wildman–Crippen LogP) is 1.44. The highest BCUT2D eigenvalue weighted by molar-refractivity contribution is 5.99. The fourth-order valence-corrected chi connectivity index (χ4v) is 2.10. The van der Waals surface area contributed by atoms with Crippen LogP contribution in [0.25, 0.3) is 0 Å². The van der Waals surface area contributed by atoms with Gasteiger partial charge in [0.05, 0.1) is 7.11 Å². The van der Waals surface area contributed by atoms with Crippen LogP contribution in [-0.4, -0.2) is 42.6 Å². The third kappa shape index (κ3) is 3.24. The summed E-state index contributed by atoms with van der Waals surface area (Å²) in [5.74, 6) is -2.26. The second-order valence-electron chi connectivity index (χ2n) is 4.44. The molecular weight excluding hydrogens is 246 g/mol. The number of carboxylic acids is 1. The van der Waals surface area contributed by atoms with Gasteiger partial charge in [-0.25, -0.2) is 0 Å². The van der Waals surface area contributed by atoms with Crippen molar-refractivity contribution in [2.24, 2.45) is 11.8 Å². The van der Waals surface area contributed by atoms with Crippen molar-refractivity contribution in [3.63, 3.8) is 0 Å². The Labute approximate surface area is 112 Å². The van der Waals surface area contributed by atoms with Crippen LogP contribution in [0.3, 0.4) is 0 Å². The third-order valence-electron chi connectivity index (χ3n) is 3.24. The van der Waals surface area contributed by atoms with Gasteiger partial charge in [-0.3, -0.25) is 9.59 Å². The Morgan fingerprint density at radius 2 is 2.16 bits per heavy atom. The van der Waals surface area contributed by atoms with E-state index < -0.39 is 17.8 Å². The van der Waals surface area contributed by atoms with E-state index >= 15 is 0 Å². The van der Waals surface area contributed by atoms with Crippen molar-refractivity contribution in [3.8, 4) is 0 Å². The van der Waals surface area contributed by atoms with E-state index in [0.29, 0.717) is 17.9 Å². The molecule has 1 saturated heterocycles. The summed E-state index contributed by atoms with van der Waals surface area (Å²) in [7, 11) is 3.15. The molecule has 0 radical (unpaired) electrons. The Bertz CT molecular complexity index is 450. The van der Waals surface area contributed by atoms with E-state index in [1.807, 2.05) is 6.92 Å². The van der Waals surface area contributed by atoms with E-state index in [9.17, 15) is 9.59 Å². The average Bonchev–Trinajstić information content (AvgIpc) is 2.67. The zero-order chi connectivity index (χ0) is 14.6. The highest BCUT2D eigenvalue weighted by Gasteiger charge is 2.44. The van der Waals surface area contributed by atoms with Gasteiger partial charge < -0.3 is 14.7 Å². The Kier molecular flexibility index (Phi) is 4.92. The number of ether oxygens (including phenoxy) is 1. The molecule has 0 saturated carbocycles. The summed E-state index contributed by atoms with van der Waals surface area (Å²) in [6.45, 7) is 6.07. The molecule has 104 valence electrons. The lowest BCUT2D eigenvalue weighted by atomic mass is 9.89. The maximum Gasteiger partial charge on any atom is 0.316 e. The highest BCUT2D eigenvalue weighted by Crippen LogP contribution is 2.30. The van der Waals surface area contributed by atoms with Crippen LogP contribution in [0, 0.1) is 11.8 Å². The van der Waals surface area contributed by atoms with E-state index in [1.54, 1.807) is 32.4 Å². The van der Waals surface area contributed by atoms with Crippen LogP contribution in [0.5, 0.6) is 0 Å². The van der Waals surface area contributed by atoms with Crippen LogP contribution in [0.1, 0.15) is 6.92 Å². The predicted molar refractivity (Wildman–Crippen MR) is 71.3 cm³/mol. The topological polar surface area (TPSA) is 66.8 Å². The van der Waals surface area contributed by atoms with Crippen molar-refractivity contribution in [3.05, 3.63) is 36.1 Å². The number of amides is 1. The lowest BCUT2D eigenvalue weighted by molar-refractivity contribution is -0.148. The van der Waals surface area contributed by atoms with E-state index in [0.717, 1.165) is 0 Å². The van der Waals surface area contributed by atoms with Crippen molar-refractivity contribution in [1.82, 2.24) is 4.90 Å². The number of carboxylic acid groups (broad SMARTS) is 1. The molecule has 1 fully saturated rings. The van der Waals surface area contributed by atoms with Crippen LogP contribution < -0.4 is 0 Å². The molecule has 2 atom stereocenters. The molecule has 5 nitrogen and oxygen atoms in total. The minimum atomic E-state index is -1.10. The highest BCUT2D eigenvalue weighted by atomic mass is 16.5. The van der Waals surface area contributed by atoms with Crippen molar-refractivity contribution in [1.29, 1.82) is 0 Å². The van der Waals surface area contributed by atoms with Gasteiger partial charge in [-0.1, -0.05) is 12.7 Å². The van der Waals surface area contributed by atoms with Crippen LogP contribution in [-0.2, 0) is 14.3 Å². The molecule has 1 heterocycles. The van der Waals surface area contributed by atoms with Crippen LogP contribution >= 0.6 is 0 Å². The van der Waals surface area contributed by atoms with Gasteiger partial charge >= 0.3 is 5.97 Å². The van der Waals surface area contributed by atoms with Crippen molar-refractivity contribution < 1.29 is 19.4 Å². The molecule has 0 spiro atoms. The van der Waals surface area contributed by atoms with Gasteiger partial charge in [-0.2, -0.15) is 0 Å². The number of hydrogen-bond donors (Lipinski definition) is 1. The van der Waals surface area contributed by atoms with Gasteiger partial charge in [0.1, 0.15) is 11.7 Å². The summed E-state index contributed by atoms with van der Waals surface area (Å²) in [5.41, 5.74) is 0.613. The average molecular weight is 265 g/mol. The van der Waals surface area contributed by atoms with Gasteiger partial charge in [0.15, 0.2) is 0 Å². The van der Waals surface area contributed by atoms with Crippen molar-refractivity contribution in [2.45, 2.75) is 6.92 Å². The standard InChI is InChI=1S/C14H19NO4/c1-5-10(19-4)7-6-9(2)11-8-15(3)13(16)12(11)14(17)18/h5-7,11-12H,2,8H2,1,3-4H3,(H,17,18)/b7-6-,10-5+/t11-,12-/m0/s1. The number of rotatable bonds is 5. The molecule has 1 aliphatic heterocycles. The van der Waals surface area contributed by atoms with Gasteiger partial charge in [0.2, 0.25) is 5.91 Å². The maximum atomic E-state index is 11.8. The largest absolute Gasteiger partial charge is 0.497 e.